The van der Waals surface area contributed by atoms with Gasteiger partial charge in [0.05, 0.1) is 5.75 Å². The van der Waals surface area contributed by atoms with Crippen LogP contribution in [0, 0.1) is 13.8 Å². The number of aryl methyl sites for hydroxylation is 2. The summed E-state index contributed by atoms with van der Waals surface area (Å²) in [5, 5.41) is 0. The zero-order chi connectivity index (χ0) is 22.4. The molecule has 2 heterocycles. The van der Waals surface area contributed by atoms with E-state index in [4.69, 9.17) is 4.74 Å². The van der Waals surface area contributed by atoms with Crippen molar-refractivity contribution in [3.05, 3.63) is 58.9 Å². The van der Waals surface area contributed by atoms with Gasteiger partial charge in [-0.25, -0.2) is 13.1 Å². The molecule has 168 valence electrons. The third kappa shape index (κ3) is 6.27. The molecule has 0 radical (unpaired) electrons. The van der Waals surface area contributed by atoms with E-state index < -0.39 is 10.0 Å². The molecule has 1 aliphatic heterocycles. The number of amides is 1. The van der Waals surface area contributed by atoms with Crippen molar-refractivity contribution in [2.24, 2.45) is 0 Å². The number of aromatic nitrogens is 1. The zero-order valence-electron chi connectivity index (χ0n) is 18.4. The van der Waals surface area contributed by atoms with Gasteiger partial charge in [0.2, 0.25) is 10.0 Å². The smallest absolute Gasteiger partial charge is 0.253 e. The van der Waals surface area contributed by atoms with Crippen LogP contribution in [-0.4, -0.2) is 49.1 Å². The molecule has 1 fully saturated rings. The average Bonchev–Trinajstić information content (AvgIpc) is 2.73. The van der Waals surface area contributed by atoms with Gasteiger partial charge in [0.25, 0.3) is 5.91 Å². The lowest BCUT2D eigenvalue weighted by atomic mass is 10.0. The fourth-order valence-electron chi connectivity index (χ4n) is 3.91. The van der Waals surface area contributed by atoms with Crippen LogP contribution in [0.3, 0.4) is 0 Å². The molecule has 31 heavy (non-hydrogen) atoms. The van der Waals surface area contributed by atoms with Crippen LogP contribution in [-0.2, 0) is 16.6 Å². The molecule has 0 saturated carbocycles. The summed E-state index contributed by atoms with van der Waals surface area (Å²) >= 11 is 0. The van der Waals surface area contributed by atoms with Crippen molar-refractivity contribution in [2.75, 3.05) is 18.8 Å². The molecule has 2 aromatic rings. The van der Waals surface area contributed by atoms with Crippen LogP contribution in [0.5, 0.6) is 5.75 Å². The van der Waals surface area contributed by atoms with Gasteiger partial charge in [0.15, 0.2) is 0 Å². The number of sulfonamides is 1. The molecule has 3 rings (SSSR count). The lowest BCUT2D eigenvalue weighted by molar-refractivity contribution is 0.0711. The molecule has 1 aliphatic rings. The van der Waals surface area contributed by atoms with Crippen molar-refractivity contribution in [1.82, 2.24) is 14.6 Å². The number of nitrogens with zero attached hydrogens (tertiary/aromatic N) is 2. The highest BCUT2D eigenvalue weighted by Crippen LogP contribution is 2.27. The van der Waals surface area contributed by atoms with Crippen molar-refractivity contribution in [1.29, 1.82) is 0 Å². The maximum Gasteiger partial charge on any atom is 0.253 e. The Kier molecular flexibility index (Phi) is 7.67. The van der Waals surface area contributed by atoms with Gasteiger partial charge >= 0.3 is 0 Å². The minimum Gasteiger partial charge on any atom is -0.488 e. The summed E-state index contributed by atoms with van der Waals surface area (Å²) in [4.78, 5) is 18.9. The van der Waals surface area contributed by atoms with E-state index in [0.29, 0.717) is 44.5 Å². The summed E-state index contributed by atoms with van der Waals surface area (Å²) in [5.41, 5.74) is 3.44. The van der Waals surface area contributed by atoms with Crippen LogP contribution in [0.25, 0.3) is 0 Å². The number of rotatable bonds is 8. The Morgan fingerprint density at radius 1 is 1.23 bits per heavy atom. The van der Waals surface area contributed by atoms with Gasteiger partial charge in [0, 0.05) is 42.7 Å². The number of benzene rings is 1. The SMILES string of the molecule is CCCS(=O)(=O)NC1CCN(C(=O)c2cc(C)c(OCc3cccnc3)c(C)c2)CC1. The van der Waals surface area contributed by atoms with Crippen LogP contribution < -0.4 is 9.46 Å². The van der Waals surface area contributed by atoms with E-state index in [1.165, 1.54) is 0 Å². The minimum atomic E-state index is -3.23. The first-order chi connectivity index (χ1) is 14.8. The quantitative estimate of drug-likeness (QED) is 0.674. The molecule has 1 N–H and O–H groups in total. The lowest BCUT2D eigenvalue weighted by Crippen LogP contribution is -2.47. The van der Waals surface area contributed by atoms with Crippen LogP contribution in [0.1, 0.15) is 53.2 Å². The first kappa shape index (κ1) is 23.2. The average molecular weight is 446 g/mol. The Morgan fingerprint density at radius 2 is 1.90 bits per heavy atom. The number of carbonyl (C=O) groups is 1. The number of likely N-dealkylation sites (tertiary alicyclic amines) is 1. The number of nitrogens with one attached hydrogen (secondary N) is 1. The third-order valence-electron chi connectivity index (χ3n) is 5.41. The highest BCUT2D eigenvalue weighted by atomic mass is 32.2. The molecular formula is C23H31N3O4S. The second-order valence-corrected chi connectivity index (χ2v) is 9.97. The number of ether oxygens (including phenoxy) is 1. The zero-order valence-corrected chi connectivity index (χ0v) is 19.2. The van der Waals surface area contributed by atoms with E-state index in [0.717, 1.165) is 22.4 Å². The van der Waals surface area contributed by atoms with E-state index in [1.54, 1.807) is 17.3 Å². The minimum absolute atomic E-state index is 0.0279. The van der Waals surface area contributed by atoms with Gasteiger partial charge in [-0.1, -0.05) is 13.0 Å². The molecule has 0 atom stereocenters. The number of pyridine rings is 1. The van der Waals surface area contributed by atoms with Gasteiger partial charge in [-0.2, -0.15) is 0 Å². The summed E-state index contributed by atoms with van der Waals surface area (Å²) in [6.07, 6.45) is 5.34. The first-order valence-electron chi connectivity index (χ1n) is 10.7. The summed E-state index contributed by atoms with van der Waals surface area (Å²) in [6.45, 7) is 7.23. The fourth-order valence-corrected chi connectivity index (χ4v) is 5.30. The number of piperidine rings is 1. The highest BCUT2D eigenvalue weighted by molar-refractivity contribution is 7.89. The second kappa shape index (κ2) is 10.2. The van der Waals surface area contributed by atoms with Crippen LogP contribution in [0.15, 0.2) is 36.7 Å². The predicted octanol–water partition coefficient (Wildman–Crippen LogP) is 3.21. The van der Waals surface area contributed by atoms with Crippen molar-refractivity contribution in [2.45, 2.75) is 52.7 Å². The van der Waals surface area contributed by atoms with Gasteiger partial charge in [-0.05, 0) is 62.4 Å². The summed E-state index contributed by atoms with van der Waals surface area (Å²) in [6, 6.07) is 7.46. The number of carbonyl (C=O) groups excluding carboxylic acids is 1. The van der Waals surface area contributed by atoms with E-state index in [2.05, 4.69) is 9.71 Å². The molecule has 1 aromatic heterocycles. The molecule has 0 unspecified atom stereocenters. The Morgan fingerprint density at radius 3 is 2.48 bits per heavy atom. The summed E-state index contributed by atoms with van der Waals surface area (Å²) in [5.74, 6) is 0.893. The molecule has 1 amide bonds. The molecule has 0 spiro atoms. The van der Waals surface area contributed by atoms with Crippen LogP contribution >= 0.6 is 0 Å². The van der Waals surface area contributed by atoms with Gasteiger partial charge < -0.3 is 9.64 Å². The normalized spacial score (nSPS) is 15.1. The maximum absolute atomic E-state index is 13.0. The van der Waals surface area contributed by atoms with Crippen LogP contribution in [0.4, 0.5) is 0 Å². The van der Waals surface area contributed by atoms with Crippen molar-refractivity contribution in [3.8, 4) is 5.75 Å². The highest BCUT2D eigenvalue weighted by Gasteiger charge is 2.26. The van der Waals surface area contributed by atoms with Crippen LogP contribution in [0.2, 0.25) is 0 Å². The monoisotopic (exact) mass is 445 g/mol. The van der Waals surface area contributed by atoms with Gasteiger partial charge in [-0.15, -0.1) is 0 Å². The number of hydrogen-bond donors (Lipinski definition) is 1. The number of hydrogen-bond acceptors (Lipinski definition) is 5. The molecule has 7 nitrogen and oxygen atoms in total. The molecular weight excluding hydrogens is 414 g/mol. The third-order valence-corrected chi connectivity index (χ3v) is 7.05. The Labute approximate surface area is 184 Å². The maximum atomic E-state index is 13.0. The van der Waals surface area contributed by atoms with Gasteiger partial charge in [-0.3, -0.25) is 9.78 Å². The summed E-state index contributed by atoms with van der Waals surface area (Å²) in [7, 11) is -3.23. The van der Waals surface area contributed by atoms with Crippen molar-refractivity contribution < 1.29 is 17.9 Å². The van der Waals surface area contributed by atoms with E-state index >= 15 is 0 Å². The molecule has 0 aliphatic carbocycles. The lowest BCUT2D eigenvalue weighted by Gasteiger charge is -2.32. The van der Waals surface area contributed by atoms with Crippen molar-refractivity contribution >= 4 is 15.9 Å². The van der Waals surface area contributed by atoms with E-state index in [1.807, 2.05) is 45.0 Å². The summed E-state index contributed by atoms with van der Waals surface area (Å²) < 4.78 is 32.7. The standard InChI is InChI=1S/C23H31N3O4S/c1-4-12-31(28,29)25-21-7-10-26(11-8-21)23(27)20-13-17(2)22(18(3)14-20)30-16-19-6-5-9-24-15-19/h5-6,9,13-15,21,25H,4,7-8,10-12,16H2,1-3H3. The molecule has 0 bridgehead atoms. The Balaban J connectivity index is 1.61. The molecule has 1 saturated heterocycles. The fraction of sp³-hybridized carbons (Fsp3) is 0.478. The topological polar surface area (TPSA) is 88.6 Å². The molecule has 1 aromatic carbocycles. The van der Waals surface area contributed by atoms with E-state index in [9.17, 15) is 13.2 Å². The first-order valence-corrected chi connectivity index (χ1v) is 12.4. The Bertz CT molecular complexity index is 978. The predicted molar refractivity (Wildman–Crippen MR) is 121 cm³/mol. The van der Waals surface area contributed by atoms with Crippen molar-refractivity contribution in [3.63, 3.8) is 0 Å². The van der Waals surface area contributed by atoms with E-state index in [-0.39, 0.29) is 17.7 Å². The Hall–Kier alpha value is -2.45. The largest absolute Gasteiger partial charge is 0.488 e. The second-order valence-electron chi connectivity index (χ2n) is 8.09. The molecule has 8 heteroatoms. The van der Waals surface area contributed by atoms with Gasteiger partial charge in [0.1, 0.15) is 12.4 Å².